The highest BCUT2D eigenvalue weighted by atomic mass is 16.4. The fourth-order valence-corrected chi connectivity index (χ4v) is 6.07. The molecule has 2 N–H and O–H groups in total. The summed E-state index contributed by atoms with van der Waals surface area (Å²) >= 11 is 0. The molecule has 2 heterocycles. The summed E-state index contributed by atoms with van der Waals surface area (Å²) in [5.74, 6) is -1.80. The topological polar surface area (TPSA) is 96.4 Å². The lowest BCUT2D eigenvalue weighted by molar-refractivity contribution is -0.210. The zero-order chi connectivity index (χ0) is 28.9. The van der Waals surface area contributed by atoms with Gasteiger partial charge in [-0.1, -0.05) is 91.0 Å². The Morgan fingerprint density at radius 1 is 0.927 bits per heavy atom. The molecule has 2 aliphatic rings. The van der Waals surface area contributed by atoms with E-state index in [1.54, 1.807) is 4.90 Å². The number of carbonyl (C=O) groups is 3. The van der Waals surface area contributed by atoms with Gasteiger partial charge < -0.3 is 14.9 Å². The Balaban J connectivity index is 1.47. The van der Waals surface area contributed by atoms with Crippen LogP contribution in [0.5, 0.6) is 0 Å². The normalized spacial score (nSPS) is 20.8. The Morgan fingerprint density at radius 2 is 1.49 bits per heavy atom. The number of hydrogen-bond acceptors (Lipinski definition) is 6. The smallest absolute Gasteiger partial charge is 0.305 e. The quantitative estimate of drug-likeness (QED) is 0.397. The second-order valence-electron chi connectivity index (χ2n) is 10.8. The number of hydrazine groups is 1. The van der Waals surface area contributed by atoms with Gasteiger partial charge in [0.1, 0.15) is 12.2 Å². The first-order valence-corrected chi connectivity index (χ1v) is 14.0. The molecule has 1 unspecified atom stereocenters. The van der Waals surface area contributed by atoms with Crippen LogP contribution in [0.4, 0.5) is 0 Å². The van der Waals surface area contributed by atoms with E-state index in [4.69, 9.17) is 0 Å². The van der Waals surface area contributed by atoms with Gasteiger partial charge in [-0.25, -0.2) is 10.0 Å². The fraction of sp³-hybridized carbons (Fsp3) is 0.344. The van der Waals surface area contributed by atoms with E-state index in [1.165, 1.54) is 4.90 Å². The van der Waals surface area contributed by atoms with Crippen LogP contribution in [0, 0.1) is 0 Å². The molecule has 214 valence electrons. The number of amides is 2. The van der Waals surface area contributed by atoms with Crippen LogP contribution in [-0.2, 0) is 20.9 Å². The van der Waals surface area contributed by atoms with Crippen LogP contribution >= 0.6 is 0 Å². The van der Waals surface area contributed by atoms with Crippen LogP contribution in [0.1, 0.15) is 36.0 Å². The van der Waals surface area contributed by atoms with Crippen molar-refractivity contribution in [3.63, 3.8) is 0 Å². The minimum atomic E-state index is -1.11. The summed E-state index contributed by atoms with van der Waals surface area (Å²) < 4.78 is 0. The number of likely N-dealkylation sites (N-methyl/N-ethyl adjacent to an activating group) is 1. The number of aliphatic carboxylic acids is 1. The summed E-state index contributed by atoms with van der Waals surface area (Å²) in [5, 5.41) is 17.3. The van der Waals surface area contributed by atoms with Gasteiger partial charge in [0.25, 0.3) is 0 Å². The fourth-order valence-electron chi connectivity index (χ4n) is 6.07. The molecule has 2 aliphatic heterocycles. The molecule has 0 radical (unpaired) electrons. The highest BCUT2D eigenvalue weighted by molar-refractivity contribution is 5.93. The first-order chi connectivity index (χ1) is 19.8. The predicted molar refractivity (Wildman–Crippen MR) is 155 cm³/mol. The van der Waals surface area contributed by atoms with Crippen molar-refractivity contribution in [2.45, 2.75) is 44.2 Å². The maximum Gasteiger partial charge on any atom is 0.305 e. The largest absolute Gasteiger partial charge is 0.481 e. The van der Waals surface area contributed by atoms with Crippen LogP contribution in [0.25, 0.3) is 0 Å². The van der Waals surface area contributed by atoms with Crippen LogP contribution in [0.2, 0.25) is 0 Å². The number of nitrogens with one attached hydrogen (secondary N) is 1. The van der Waals surface area contributed by atoms with E-state index in [0.717, 1.165) is 16.7 Å². The Hall–Kier alpha value is -4.05. The average Bonchev–Trinajstić information content (AvgIpc) is 2.97. The van der Waals surface area contributed by atoms with Gasteiger partial charge in [0.2, 0.25) is 11.8 Å². The van der Waals surface area contributed by atoms with Crippen molar-refractivity contribution in [1.29, 1.82) is 0 Å². The number of piperazine rings is 1. The second-order valence-corrected chi connectivity index (χ2v) is 10.8. The first-order valence-electron chi connectivity index (χ1n) is 14.0. The molecule has 41 heavy (non-hydrogen) atoms. The Labute approximate surface area is 240 Å². The van der Waals surface area contributed by atoms with Crippen molar-refractivity contribution >= 4 is 17.8 Å². The van der Waals surface area contributed by atoms with Crippen molar-refractivity contribution in [2.24, 2.45) is 0 Å². The summed E-state index contributed by atoms with van der Waals surface area (Å²) in [7, 11) is 1.86. The highest BCUT2D eigenvalue weighted by Crippen LogP contribution is 2.32. The van der Waals surface area contributed by atoms with Gasteiger partial charge in [-0.05, 0) is 23.6 Å². The molecule has 0 spiro atoms. The average molecular weight is 556 g/mol. The molecule has 3 atom stereocenters. The number of carboxylic acid groups (broad SMARTS) is 1. The maximum atomic E-state index is 13.9. The van der Waals surface area contributed by atoms with Gasteiger partial charge in [-0.15, -0.1) is 0 Å². The molecule has 5 rings (SSSR count). The van der Waals surface area contributed by atoms with E-state index in [9.17, 15) is 19.5 Å². The monoisotopic (exact) mass is 555 g/mol. The zero-order valence-electron chi connectivity index (χ0n) is 23.5. The van der Waals surface area contributed by atoms with Gasteiger partial charge in [-0.2, -0.15) is 0 Å². The molecular formula is C32H37N5O4. The molecule has 2 fully saturated rings. The molecule has 2 saturated heterocycles. The van der Waals surface area contributed by atoms with E-state index in [1.807, 2.05) is 110 Å². The molecule has 2 amide bonds. The van der Waals surface area contributed by atoms with E-state index >= 15 is 0 Å². The van der Waals surface area contributed by atoms with Crippen molar-refractivity contribution in [1.82, 2.24) is 25.1 Å². The third-order valence-electron chi connectivity index (χ3n) is 8.01. The van der Waals surface area contributed by atoms with Crippen LogP contribution < -0.4 is 5.32 Å². The SMILES string of the molecule is CC(NCc1ccccc1)N1[C@H]2CN(CC(c3ccccc3)c3ccccc3)C(=O)[C@H](CC(=O)O)N2C(=O)CN1C. The Morgan fingerprint density at radius 3 is 2.05 bits per heavy atom. The summed E-state index contributed by atoms with van der Waals surface area (Å²) in [5.41, 5.74) is 3.26. The minimum Gasteiger partial charge on any atom is -0.481 e. The molecule has 0 saturated carbocycles. The molecule has 0 bridgehead atoms. The van der Waals surface area contributed by atoms with Gasteiger partial charge in [-0.3, -0.25) is 19.7 Å². The number of nitrogens with zero attached hydrogens (tertiary/aromatic N) is 4. The highest BCUT2D eigenvalue weighted by Gasteiger charge is 2.51. The number of carbonyl (C=O) groups excluding carboxylic acids is 2. The molecule has 0 aromatic heterocycles. The Bertz CT molecular complexity index is 1300. The molecule has 9 heteroatoms. The van der Waals surface area contributed by atoms with Crippen molar-refractivity contribution in [3.05, 3.63) is 108 Å². The molecule has 3 aromatic carbocycles. The molecule has 9 nitrogen and oxygen atoms in total. The predicted octanol–water partition coefficient (Wildman–Crippen LogP) is 2.96. The van der Waals surface area contributed by atoms with Gasteiger partial charge >= 0.3 is 5.97 Å². The lowest BCUT2D eigenvalue weighted by Crippen LogP contribution is -2.76. The summed E-state index contributed by atoms with van der Waals surface area (Å²) in [6.07, 6.45) is -1.16. The van der Waals surface area contributed by atoms with Crippen LogP contribution in [-0.4, -0.2) is 87.8 Å². The van der Waals surface area contributed by atoms with Crippen molar-refractivity contribution in [3.8, 4) is 0 Å². The van der Waals surface area contributed by atoms with E-state index in [0.29, 0.717) is 13.1 Å². The summed E-state index contributed by atoms with van der Waals surface area (Å²) in [6, 6.07) is 29.0. The van der Waals surface area contributed by atoms with E-state index in [-0.39, 0.29) is 37.0 Å². The second kappa shape index (κ2) is 12.6. The minimum absolute atomic E-state index is 0.0634. The Kier molecular flexibility index (Phi) is 8.78. The van der Waals surface area contributed by atoms with Crippen molar-refractivity contribution in [2.75, 3.05) is 26.7 Å². The number of rotatable bonds is 10. The van der Waals surface area contributed by atoms with Gasteiger partial charge in [0.15, 0.2) is 0 Å². The lowest BCUT2D eigenvalue weighted by Gasteiger charge is -2.56. The lowest BCUT2D eigenvalue weighted by atomic mass is 9.90. The standard InChI is InChI=1S/C32H37N5O4/c1-23(33-19-24-12-6-3-7-13-24)37-29-21-35(32(41)28(18-31(39)40)36(29)30(38)22-34(37)2)20-27(25-14-8-4-9-15-25)26-16-10-5-11-17-26/h3-17,23,27-29,33H,18-22H2,1-2H3,(H,39,40)/t23?,28-,29-/m0/s1. The molecule has 3 aromatic rings. The number of hydrogen-bond donors (Lipinski definition) is 2. The number of benzene rings is 3. The zero-order valence-corrected chi connectivity index (χ0v) is 23.5. The number of carboxylic acids is 1. The first kappa shape index (κ1) is 28.5. The molecular weight excluding hydrogens is 518 g/mol. The van der Waals surface area contributed by atoms with Crippen LogP contribution in [0.3, 0.4) is 0 Å². The van der Waals surface area contributed by atoms with E-state index < -0.39 is 24.6 Å². The third-order valence-corrected chi connectivity index (χ3v) is 8.01. The van der Waals surface area contributed by atoms with Gasteiger partial charge in [0, 0.05) is 26.1 Å². The van der Waals surface area contributed by atoms with Gasteiger partial charge in [0.05, 0.1) is 25.7 Å². The third kappa shape index (κ3) is 6.32. The van der Waals surface area contributed by atoms with Crippen molar-refractivity contribution < 1.29 is 19.5 Å². The number of fused-ring (bicyclic) bond motifs is 1. The maximum absolute atomic E-state index is 13.9. The summed E-state index contributed by atoms with van der Waals surface area (Å²) in [4.78, 5) is 42.5. The summed E-state index contributed by atoms with van der Waals surface area (Å²) in [6.45, 7) is 3.34. The molecule has 0 aliphatic carbocycles. The van der Waals surface area contributed by atoms with Crippen LogP contribution in [0.15, 0.2) is 91.0 Å². The van der Waals surface area contributed by atoms with E-state index in [2.05, 4.69) is 10.3 Å².